The Hall–Kier alpha value is -1.44. The van der Waals surface area contributed by atoms with E-state index in [-0.39, 0.29) is 12.5 Å². The van der Waals surface area contributed by atoms with Crippen LogP contribution >= 0.6 is 0 Å². The minimum atomic E-state index is -3.57. The van der Waals surface area contributed by atoms with E-state index < -0.39 is 10.2 Å². The van der Waals surface area contributed by atoms with Crippen LogP contribution in [0.1, 0.15) is 25.3 Å². The first-order valence-corrected chi connectivity index (χ1v) is 9.47. The fourth-order valence-corrected chi connectivity index (χ4v) is 3.98. The molecule has 1 heterocycles. The average molecular weight is 339 g/mol. The van der Waals surface area contributed by atoms with E-state index in [4.69, 9.17) is 0 Å². The van der Waals surface area contributed by atoms with Gasteiger partial charge < -0.3 is 5.32 Å². The van der Waals surface area contributed by atoms with E-state index in [1.54, 1.807) is 0 Å². The van der Waals surface area contributed by atoms with Gasteiger partial charge in [0.15, 0.2) is 0 Å². The molecule has 7 heteroatoms. The summed E-state index contributed by atoms with van der Waals surface area (Å²) < 4.78 is 28.1. The van der Waals surface area contributed by atoms with Crippen LogP contribution in [0.2, 0.25) is 0 Å². The van der Waals surface area contributed by atoms with Gasteiger partial charge in [-0.3, -0.25) is 4.79 Å². The van der Waals surface area contributed by atoms with Gasteiger partial charge in [0.25, 0.3) is 10.2 Å². The van der Waals surface area contributed by atoms with Crippen LogP contribution in [0.3, 0.4) is 0 Å². The number of hydrogen-bond acceptors (Lipinski definition) is 3. The third-order valence-corrected chi connectivity index (χ3v) is 5.47. The molecule has 1 aliphatic rings. The first-order chi connectivity index (χ1) is 11.0. The minimum absolute atomic E-state index is 0.220. The number of carbonyl (C=O) groups is 1. The first-order valence-electron chi connectivity index (χ1n) is 8.03. The van der Waals surface area contributed by atoms with Crippen LogP contribution in [-0.4, -0.2) is 44.8 Å². The summed E-state index contributed by atoms with van der Waals surface area (Å²) in [4.78, 5) is 11.8. The number of nitrogens with one attached hydrogen (secondary N) is 2. The van der Waals surface area contributed by atoms with Crippen molar-refractivity contribution < 1.29 is 13.2 Å². The molecule has 0 spiro atoms. The van der Waals surface area contributed by atoms with Gasteiger partial charge in [0.05, 0.1) is 6.54 Å². The van der Waals surface area contributed by atoms with Crippen molar-refractivity contribution in [2.75, 3.05) is 26.2 Å². The predicted molar refractivity (Wildman–Crippen MR) is 90.0 cm³/mol. The summed E-state index contributed by atoms with van der Waals surface area (Å²) >= 11 is 0. The zero-order chi connectivity index (χ0) is 16.7. The normalized spacial score (nSPS) is 19.4. The van der Waals surface area contributed by atoms with Crippen LogP contribution in [-0.2, 0) is 21.4 Å². The molecule has 1 aromatic carbocycles. The van der Waals surface area contributed by atoms with Crippen molar-refractivity contribution in [2.24, 2.45) is 5.92 Å². The van der Waals surface area contributed by atoms with Crippen molar-refractivity contribution >= 4 is 16.1 Å². The Morgan fingerprint density at radius 1 is 1.30 bits per heavy atom. The molecule has 1 fully saturated rings. The Bertz CT molecular complexity index is 604. The molecule has 128 valence electrons. The molecule has 23 heavy (non-hydrogen) atoms. The van der Waals surface area contributed by atoms with Gasteiger partial charge >= 0.3 is 0 Å². The van der Waals surface area contributed by atoms with Crippen LogP contribution in [0.5, 0.6) is 0 Å². The van der Waals surface area contributed by atoms with Crippen LogP contribution in [0.4, 0.5) is 0 Å². The lowest BCUT2D eigenvalue weighted by atomic mass is 10.0. The smallest absolute Gasteiger partial charge is 0.279 e. The average Bonchev–Trinajstić information content (AvgIpc) is 2.54. The van der Waals surface area contributed by atoms with Gasteiger partial charge in [0.1, 0.15) is 0 Å². The highest BCUT2D eigenvalue weighted by molar-refractivity contribution is 7.87. The Balaban J connectivity index is 1.71. The van der Waals surface area contributed by atoms with Gasteiger partial charge in [-0.25, -0.2) is 0 Å². The SMILES string of the molecule is C[C@@H]1CCCN(S(=O)(=O)NCC(=O)NCCc2ccccc2)C1. The molecule has 1 aliphatic heterocycles. The first kappa shape index (κ1) is 17.9. The maximum absolute atomic E-state index is 12.2. The molecule has 0 radical (unpaired) electrons. The van der Waals surface area contributed by atoms with Crippen LogP contribution < -0.4 is 10.0 Å². The molecule has 1 aromatic rings. The summed E-state index contributed by atoms with van der Waals surface area (Å²) in [5.74, 6) is 0.0505. The van der Waals surface area contributed by atoms with Crippen molar-refractivity contribution in [2.45, 2.75) is 26.2 Å². The topological polar surface area (TPSA) is 78.5 Å². The van der Waals surface area contributed by atoms with Crippen molar-refractivity contribution in [1.29, 1.82) is 0 Å². The summed E-state index contributed by atoms with van der Waals surface area (Å²) in [5.41, 5.74) is 1.13. The number of rotatable bonds is 7. The van der Waals surface area contributed by atoms with E-state index in [9.17, 15) is 13.2 Å². The molecule has 0 bridgehead atoms. The Morgan fingerprint density at radius 3 is 2.74 bits per heavy atom. The van der Waals surface area contributed by atoms with Crippen LogP contribution in [0.25, 0.3) is 0 Å². The van der Waals surface area contributed by atoms with Crippen molar-refractivity contribution in [1.82, 2.24) is 14.3 Å². The maximum Gasteiger partial charge on any atom is 0.279 e. The maximum atomic E-state index is 12.2. The van der Waals surface area contributed by atoms with E-state index >= 15 is 0 Å². The predicted octanol–water partition coefficient (Wildman–Crippen LogP) is 0.912. The molecule has 1 amide bonds. The minimum Gasteiger partial charge on any atom is -0.355 e. The van der Waals surface area contributed by atoms with E-state index in [1.807, 2.05) is 37.3 Å². The molecule has 1 atom stereocenters. The molecular formula is C16H25N3O3S. The summed E-state index contributed by atoms with van der Waals surface area (Å²) in [7, 11) is -3.57. The van der Waals surface area contributed by atoms with Gasteiger partial charge in [-0.2, -0.15) is 17.4 Å². The summed E-state index contributed by atoms with van der Waals surface area (Å²) in [6.07, 6.45) is 2.64. The summed E-state index contributed by atoms with van der Waals surface area (Å²) in [6.45, 7) is 3.35. The lowest BCUT2D eigenvalue weighted by Crippen LogP contribution is -2.48. The number of amides is 1. The zero-order valence-electron chi connectivity index (χ0n) is 13.5. The second-order valence-corrected chi connectivity index (χ2v) is 7.77. The summed E-state index contributed by atoms with van der Waals surface area (Å²) in [6, 6.07) is 9.83. The fourth-order valence-electron chi connectivity index (χ4n) is 2.67. The third-order valence-electron chi connectivity index (χ3n) is 3.95. The number of hydrogen-bond donors (Lipinski definition) is 2. The number of benzene rings is 1. The molecule has 6 nitrogen and oxygen atoms in total. The quantitative estimate of drug-likeness (QED) is 0.775. The standard InChI is InChI=1S/C16H25N3O3S/c1-14-6-5-11-19(13-14)23(21,22)18-12-16(20)17-10-9-15-7-3-2-4-8-15/h2-4,7-8,14,18H,5-6,9-13H2,1H3,(H,17,20)/t14-/m1/s1. The highest BCUT2D eigenvalue weighted by Crippen LogP contribution is 2.17. The van der Waals surface area contributed by atoms with Crippen molar-refractivity contribution in [3.8, 4) is 0 Å². The molecule has 2 N–H and O–H groups in total. The molecule has 1 saturated heterocycles. The third kappa shape index (κ3) is 5.93. The molecule has 0 saturated carbocycles. The summed E-state index contributed by atoms with van der Waals surface area (Å²) in [5, 5.41) is 2.73. The van der Waals surface area contributed by atoms with E-state index in [0.29, 0.717) is 25.6 Å². The Labute approximate surface area is 138 Å². The van der Waals surface area contributed by atoms with Crippen molar-refractivity contribution in [3.63, 3.8) is 0 Å². The van der Waals surface area contributed by atoms with E-state index in [2.05, 4.69) is 10.0 Å². The van der Waals surface area contributed by atoms with Gasteiger partial charge in [0.2, 0.25) is 5.91 Å². The highest BCUT2D eigenvalue weighted by atomic mass is 32.2. The van der Waals surface area contributed by atoms with Gasteiger partial charge in [-0.15, -0.1) is 0 Å². The highest BCUT2D eigenvalue weighted by Gasteiger charge is 2.27. The molecule has 0 aromatic heterocycles. The van der Waals surface area contributed by atoms with Gasteiger partial charge in [-0.1, -0.05) is 37.3 Å². The molecule has 0 aliphatic carbocycles. The van der Waals surface area contributed by atoms with Crippen LogP contribution in [0, 0.1) is 5.92 Å². The lowest BCUT2D eigenvalue weighted by molar-refractivity contribution is -0.119. The monoisotopic (exact) mass is 339 g/mol. The number of piperidine rings is 1. The largest absolute Gasteiger partial charge is 0.355 e. The molecule has 0 unspecified atom stereocenters. The fraction of sp³-hybridized carbons (Fsp3) is 0.562. The molecular weight excluding hydrogens is 314 g/mol. The zero-order valence-corrected chi connectivity index (χ0v) is 14.3. The lowest BCUT2D eigenvalue weighted by Gasteiger charge is -2.29. The van der Waals surface area contributed by atoms with Crippen molar-refractivity contribution in [3.05, 3.63) is 35.9 Å². The number of nitrogens with zero attached hydrogens (tertiary/aromatic N) is 1. The Kier molecular flexibility index (Phi) is 6.56. The Morgan fingerprint density at radius 2 is 2.04 bits per heavy atom. The van der Waals surface area contributed by atoms with Crippen LogP contribution in [0.15, 0.2) is 30.3 Å². The number of carbonyl (C=O) groups excluding carboxylic acids is 1. The molecule has 2 rings (SSSR count). The second kappa shape index (κ2) is 8.42. The second-order valence-electron chi connectivity index (χ2n) is 6.02. The van der Waals surface area contributed by atoms with E-state index in [0.717, 1.165) is 24.8 Å². The van der Waals surface area contributed by atoms with Gasteiger partial charge in [-0.05, 0) is 30.7 Å². The van der Waals surface area contributed by atoms with E-state index in [1.165, 1.54) is 4.31 Å². The van der Waals surface area contributed by atoms with Gasteiger partial charge in [0, 0.05) is 19.6 Å².